The number of amides is 1. The summed E-state index contributed by atoms with van der Waals surface area (Å²) in [6.45, 7) is 5.33. The molecule has 1 aromatic carbocycles. The van der Waals surface area contributed by atoms with Crippen LogP contribution >= 0.6 is 0 Å². The molecule has 0 aromatic heterocycles. The van der Waals surface area contributed by atoms with Crippen LogP contribution in [0, 0.1) is 5.82 Å². The summed E-state index contributed by atoms with van der Waals surface area (Å²) in [4.78, 5) is 29.8. The molecule has 7 heteroatoms. The number of benzene rings is 1. The fourth-order valence-corrected chi connectivity index (χ4v) is 3.70. The van der Waals surface area contributed by atoms with Crippen molar-refractivity contribution in [2.45, 2.75) is 31.8 Å². The zero-order valence-corrected chi connectivity index (χ0v) is 14.4. The standard InChI is InChI=1S/C18H24FN3O3/c1-13(17(23)22-8-2-3-16(22)18(24)25)20-9-11-21(12-10-20)15-6-4-14(19)5-7-15/h4-7,13,16H,2-3,8-12H2,1H3,(H,24,25)/t13?,16-/m1/s1. The van der Waals surface area contributed by atoms with Crippen molar-refractivity contribution >= 4 is 17.6 Å². The molecule has 0 saturated carbocycles. The summed E-state index contributed by atoms with van der Waals surface area (Å²) in [5, 5.41) is 9.26. The van der Waals surface area contributed by atoms with Crippen LogP contribution in [0.25, 0.3) is 0 Å². The Labute approximate surface area is 146 Å². The third-order valence-electron chi connectivity index (χ3n) is 5.23. The van der Waals surface area contributed by atoms with E-state index < -0.39 is 12.0 Å². The lowest BCUT2D eigenvalue weighted by atomic mass is 10.1. The number of carbonyl (C=O) groups excluding carboxylic acids is 1. The first-order valence-electron chi connectivity index (χ1n) is 8.75. The van der Waals surface area contributed by atoms with E-state index in [-0.39, 0.29) is 17.8 Å². The fourth-order valence-electron chi connectivity index (χ4n) is 3.70. The number of hydrogen-bond donors (Lipinski definition) is 1. The monoisotopic (exact) mass is 349 g/mol. The third kappa shape index (κ3) is 3.76. The van der Waals surface area contributed by atoms with Gasteiger partial charge in [-0.1, -0.05) is 0 Å². The molecule has 1 aromatic rings. The first-order valence-corrected chi connectivity index (χ1v) is 8.75. The number of carbonyl (C=O) groups is 2. The maximum Gasteiger partial charge on any atom is 0.326 e. The van der Waals surface area contributed by atoms with Crippen LogP contribution in [0.5, 0.6) is 0 Å². The quantitative estimate of drug-likeness (QED) is 0.891. The molecule has 3 rings (SSSR count). The first kappa shape index (κ1) is 17.7. The third-order valence-corrected chi connectivity index (χ3v) is 5.23. The zero-order chi connectivity index (χ0) is 18.0. The van der Waals surface area contributed by atoms with Crippen LogP contribution in [0.1, 0.15) is 19.8 Å². The molecule has 1 N–H and O–H groups in total. The highest BCUT2D eigenvalue weighted by Gasteiger charge is 2.37. The Bertz CT molecular complexity index is 629. The van der Waals surface area contributed by atoms with E-state index in [1.54, 1.807) is 12.1 Å². The molecular weight excluding hydrogens is 325 g/mol. The van der Waals surface area contributed by atoms with Gasteiger partial charge >= 0.3 is 5.97 Å². The number of likely N-dealkylation sites (tertiary alicyclic amines) is 1. The Morgan fingerprint density at radius 3 is 2.36 bits per heavy atom. The number of carboxylic acid groups (broad SMARTS) is 1. The number of nitrogens with zero attached hydrogens (tertiary/aromatic N) is 3. The summed E-state index contributed by atoms with van der Waals surface area (Å²) in [6.07, 6.45) is 1.28. The van der Waals surface area contributed by atoms with Gasteiger partial charge in [0, 0.05) is 38.4 Å². The largest absolute Gasteiger partial charge is 0.480 e. The van der Waals surface area contributed by atoms with Gasteiger partial charge in [-0.3, -0.25) is 9.69 Å². The molecule has 2 fully saturated rings. The van der Waals surface area contributed by atoms with Gasteiger partial charge in [-0.25, -0.2) is 9.18 Å². The van der Waals surface area contributed by atoms with E-state index in [4.69, 9.17) is 0 Å². The molecule has 2 aliphatic rings. The molecule has 1 amide bonds. The number of aliphatic carboxylic acids is 1. The second-order valence-corrected chi connectivity index (χ2v) is 6.70. The Morgan fingerprint density at radius 1 is 1.12 bits per heavy atom. The van der Waals surface area contributed by atoms with Crippen molar-refractivity contribution < 1.29 is 19.1 Å². The molecule has 0 radical (unpaired) electrons. The summed E-state index contributed by atoms with van der Waals surface area (Å²) in [6, 6.07) is 5.43. The molecule has 1 unspecified atom stereocenters. The zero-order valence-electron chi connectivity index (χ0n) is 14.4. The minimum atomic E-state index is -0.917. The molecule has 0 spiro atoms. The van der Waals surface area contributed by atoms with Gasteiger partial charge in [0.2, 0.25) is 5.91 Å². The van der Waals surface area contributed by atoms with Crippen LogP contribution in [-0.4, -0.2) is 71.6 Å². The fraction of sp³-hybridized carbons (Fsp3) is 0.556. The van der Waals surface area contributed by atoms with E-state index in [0.717, 1.165) is 38.3 Å². The predicted octanol–water partition coefficient (Wildman–Crippen LogP) is 1.41. The van der Waals surface area contributed by atoms with Crippen LogP contribution < -0.4 is 4.90 Å². The number of piperazine rings is 1. The van der Waals surface area contributed by atoms with Gasteiger partial charge in [-0.15, -0.1) is 0 Å². The molecule has 2 heterocycles. The molecule has 2 saturated heterocycles. The maximum atomic E-state index is 13.0. The van der Waals surface area contributed by atoms with Gasteiger partial charge in [-0.05, 0) is 44.0 Å². The van der Waals surface area contributed by atoms with E-state index in [1.807, 2.05) is 6.92 Å². The first-order chi connectivity index (χ1) is 12.0. The van der Waals surface area contributed by atoms with E-state index >= 15 is 0 Å². The Balaban J connectivity index is 1.57. The van der Waals surface area contributed by atoms with Crippen LogP contribution in [0.15, 0.2) is 24.3 Å². The van der Waals surface area contributed by atoms with Crippen molar-refractivity contribution in [2.75, 3.05) is 37.6 Å². The summed E-state index contributed by atoms with van der Waals surface area (Å²) < 4.78 is 13.0. The van der Waals surface area contributed by atoms with Gasteiger partial charge in [0.05, 0.1) is 6.04 Å². The van der Waals surface area contributed by atoms with Gasteiger partial charge in [0.15, 0.2) is 0 Å². The van der Waals surface area contributed by atoms with Crippen LogP contribution in [-0.2, 0) is 9.59 Å². The molecule has 2 aliphatic heterocycles. The van der Waals surface area contributed by atoms with E-state index in [2.05, 4.69) is 9.80 Å². The van der Waals surface area contributed by atoms with Crippen molar-refractivity contribution in [3.05, 3.63) is 30.1 Å². The number of anilines is 1. The smallest absolute Gasteiger partial charge is 0.326 e. The van der Waals surface area contributed by atoms with Gasteiger partial charge in [-0.2, -0.15) is 0 Å². The predicted molar refractivity (Wildman–Crippen MR) is 92.0 cm³/mol. The van der Waals surface area contributed by atoms with Crippen LogP contribution in [0.2, 0.25) is 0 Å². The normalized spacial score (nSPS) is 22.9. The van der Waals surface area contributed by atoms with E-state index in [9.17, 15) is 19.1 Å². The van der Waals surface area contributed by atoms with Gasteiger partial charge in [0.25, 0.3) is 0 Å². The highest BCUT2D eigenvalue weighted by molar-refractivity contribution is 5.87. The average Bonchev–Trinajstić information content (AvgIpc) is 3.11. The number of hydrogen-bond acceptors (Lipinski definition) is 4. The number of halogens is 1. The molecular formula is C18H24FN3O3. The number of carboxylic acids is 1. The van der Waals surface area contributed by atoms with E-state index in [1.165, 1.54) is 17.0 Å². The molecule has 25 heavy (non-hydrogen) atoms. The highest BCUT2D eigenvalue weighted by Crippen LogP contribution is 2.22. The van der Waals surface area contributed by atoms with Crippen molar-refractivity contribution in [1.82, 2.24) is 9.80 Å². The molecule has 0 bridgehead atoms. The summed E-state index contributed by atoms with van der Waals surface area (Å²) in [5.41, 5.74) is 0.977. The Hall–Kier alpha value is -2.15. The minimum absolute atomic E-state index is 0.0971. The van der Waals surface area contributed by atoms with Crippen molar-refractivity contribution in [1.29, 1.82) is 0 Å². The lowest BCUT2D eigenvalue weighted by Crippen LogP contribution is -2.56. The summed E-state index contributed by atoms with van der Waals surface area (Å²) >= 11 is 0. The van der Waals surface area contributed by atoms with Crippen LogP contribution in [0.4, 0.5) is 10.1 Å². The molecule has 0 aliphatic carbocycles. The van der Waals surface area contributed by atoms with Gasteiger partial charge < -0.3 is 14.9 Å². The summed E-state index contributed by atoms with van der Waals surface area (Å²) in [7, 11) is 0. The van der Waals surface area contributed by atoms with Gasteiger partial charge in [0.1, 0.15) is 11.9 Å². The summed E-state index contributed by atoms with van der Waals surface area (Å²) in [5.74, 6) is -1.26. The molecule has 2 atom stereocenters. The number of rotatable bonds is 4. The second kappa shape index (κ2) is 7.39. The lowest BCUT2D eigenvalue weighted by molar-refractivity contribution is -0.150. The van der Waals surface area contributed by atoms with Crippen molar-refractivity contribution in [3.8, 4) is 0 Å². The average molecular weight is 349 g/mol. The highest BCUT2D eigenvalue weighted by atomic mass is 19.1. The topological polar surface area (TPSA) is 64.1 Å². The lowest BCUT2D eigenvalue weighted by Gasteiger charge is -2.39. The Kier molecular flexibility index (Phi) is 5.22. The second-order valence-electron chi connectivity index (χ2n) is 6.70. The molecule has 6 nitrogen and oxygen atoms in total. The maximum absolute atomic E-state index is 13.0. The Morgan fingerprint density at radius 2 is 1.76 bits per heavy atom. The molecule has 136 valence electrons. The minimum Gasteiger partial charge on any atom is -0.480 e. The SMILES string of the molecule is CC(C(=O)N1CCC[C@@H]1C(=O)O)N1CCN(c2ccc(F)cc2)CC1. The van der Waals surface area contributed by atoms with E-state index in [0.29, 0.717) is 13.0 Å². The van der Waals surface area contributed by atoms with Crippen molar-refractivity contribution in [3.63, 3.8) is 0 Å². The van der Waals surface area contributed by atoms with Crippen molar-refractivity contribution in [2.24, 2.45) is 0 Å². The van der Waals surface area contributed by atoms with Crippen LogP contribution in [0.3, 0.4) is 0 Å².